The first-order chi connectivity index (χ1) is 14.0. The van der Waals surface area contributed by atoms with Crippen LogP contribution >= 0.6 is 11.3 Å². The predicted octanol–water partition coefficient (Wildman–Crippen LogP) is 3.86. The highest BCUT2D eigenvalue weighted by molar-refractivity contribution is 7.14. The average molecular weight is 406 g/mol. The monoisotopic (exact) mass is 406 g/mol. The van der Waals surface area contributed by atoms with Crippen LogP contribution in [-0.2, 0) is 0 Å². The standard InChI is InChI=1S/C19H14N6O3S/c1-12-15(10-21-24(12)17-7-2-3-8-20-17)18(26)23-19-22-16(11-29-19)13-5-4-6-14(9-13)25(27)28/h2-11H,1H3,(H,22,23,26). The fraction of sp³-hybridized carbons (Fsp3) is 0.0526. The van der Waals surface area contributed by atoms with E-state index in [1.807, 2.05) is 6.07 Å². The second kappa shape index (κ2) is 7.60. The third kappa shape index (κ3) is 3.73. The molecule has 0 saturated heterocycles. The summed E-state index contributed by atoms with van der Waals surface area (Å²) in [5.74, 6) is 0.274. The minimum Gasteiger partial charge on any atom is -0.298 e. The fourth-order valence-electron chi connectivity index (χ4n) is 2.75. The number of thiazole rings is 1. The molecule has 0 saturated carbocycles. The number of pyridine rings is 1. The maximum absolute atomic E-state index is 12.7. The summed E-state index contributed by atoms with van der Waals surface area (Å²) >= 11 is 1.24. The molecule has 1 amide bonds. The highest BCUT2D eigenvalue weighted by atomic mass is 32.1. The minimum atomic E-state index is -0.458. The molecule has 0 aliphatic carbocycles. The van der Waals surface area contributed by atoms with Crippen molar-refractivity contribution in [2.45, 2.75) is 6.92 Å². The van der Waals surface area contributed by atoms with E-state index in [1.54, 1.807) is 47.4 Å². The molecule has 1 aromatic carbocycles. The number of benzene rings is 1. The van der Waals surface area contributed by atoms with Crippen LogP contribution in [0.15, 0.2) is 60.2 Å². The Morgan fingerprint density at radius 1 is 1.24 bits per heavy atom. The molecule has 1 N–H and O–H groups in total. The van der Waals surface area contributed by atoms with E-state index in [-0.39, 0.29) is 11.6 Å². The van der Waals surface area contributed by atoms with Crippen molar-refractivity contribution in [1.29, 1.82) is 0 Å². The van der Waals surface area contributed by atoms with Gasteiger partial charge in [-0.05, 0) is 19.1 Å². The molecule has 29 heavy (non-hydrogen) atoms. The summed E-state index contributed by atoms with van der Waals surface area (Å²) < 4.78 is 1.59. The van der Waals surface area contributed by atoms with E-state index in [1.165, 1.54) is 29.7 Å². The second-order valence-electron chi connectivity index (χ2n) is 6.04. The van der Waals surface area contributed by atoms with Gasteiger partial charge in [0, 0.05) is 29.3 Å². The molecular weight excluding hydrogens is 392 g/mol. The van der Waals surface area contributed by atoms with Gasteiger partial charge in [-0.1, -0.05) is 18.2 Å². The van der Waals surface area contributed by atoms with Crippen LogP contribution in [0.4, 0.5) is 10.8 Å². The number of carbonyl (C=O) groups is 1. The third-order valence-electron chi connectivity index (χ3n) is 4.20. The van der Waals surface area contributed by atoms with Crippen molar-refractivity contribution in [2.24, 2.45) is 0 Å². The Bertz CT molecular complexity index is 1200. The SMILES string of the molecule is Cc1c(C(=O)Nc2nc(-c3cccc([N+](=O)[O-])c3)cs2)cnn1-c1ccccn1. The van der Waals surface area contributed by atoms with E-state index in [2.05, 4.69) is 20.4 Å². The van der Waals surface area contributed by atoms with Gasteiger partial charge in [-0.3, -0.25) is 20.2 Å². The lowest BCUT2D eigenvalue weighted by Gasteiger charge is -2.04. The highest BCUT2D eigenvalue weighted by Gasteiger charge is 2.17. The lowest BCUT2D eigenvalue weighted by molar-refractivity contribution is -0.384. The van der Waals surface area contributed by atoms with Crippen LogP contribution < -0.4 is 5.32 Å². The van der Waals surface area contributed by atoms with Crippen molar-refractivity contribution in [1.82, 2.24) is 19.7 Å². The molecule has 0 radical (unpaired) electrons. The molecule has 0 bridgehead atoms. The first kappa shape index (κ1) is 18.4. The molecule has 0 aliphatic rings. The van der Waals surface area contributed by atoms with Crippen LogP contribution in [0.3, 0.4) is 0 Å². The number of nitro groups is 1. The van der Waals surface area contributed by atoms with Gasteiger partial charge < -0.3 is 0 Å². The minimum absolute atomic E-state index is 0.0151. The Morgan fingerprint density at radius 2 is 2.10 bits per heavy atom. The van der Waals surface area contributed by atoms with Crippen LogP contribution in [0.5, 0.6) is 0 Å². The van der Waals surface area contributed by atoms with E-state index in [4.69, 9.17) is 0 Å². The van der Waals surface area contributed by atoms with Crippen molar-refractivity contribution in [3.63, 3.8) is 0 Å². The number of carbonyl (C=O) groups excluding carboxylic acids is 1. The number of amides is 1. The summed E-state index contributed by atoms with van der Waals surface area (Å²) in [6.45, 7) is 1.78. The van der Waals surface area contributed by atoms with Crippen molar-refractivity contribution in [2.75, 3.05) is 5.32 Å². The summed E-state index contributed by atoms with van der Waals surface area (Å²) in [6.07, 6.45) is 3.13. The number of non-ortho nitro benzene ring substituents is 1. The van der Waals surface area contributed by atoms with Crippen molar-refractivity contribution in [3.05, 3.63) is 81.6 Å². The van der Waals surface area contributed by atoms with Crippen LogP contribution in [0.25, 0.3) is 17.1 Å². The number of anilines is 1. The highest BCUT2D eigenvalue weighted by Crippen LogP contribution is 2.28. The first-order valence-corrected chi connectivity index (χ1v) is 9.38. The van der Waals surface area contributed by atoms with Gasteiger partial charge in [-0.2, -0.15) is 5.10 Å². The van der Waals surface area contributed by atoms with E-state index in [0.717, 1.165) is 0 Å². The van der Waals surface area contributed by atoms with E-state index in [0.29, 0.717) is 33.5 Å². The quantitative estimate of drug-likeness (QED) is 0.397. The number of nitrogens with one attached hydrogen (secondary N) is 1. The average Bonchev–Trinajstić information content (AvgIpc) is 3.35. The number of nitrogens with zero attached hydrogens (tertiary/aromatic N) is 5. The van der Waals surface area contributed by atoms with Crippen LogP contribution in [0.2, 0.25) is 0 Å². The largest absolute Gasteiger partial charge is 0.298 e. The molecule has 3 aromatic heterocycles. The molecule has 0 unspecified atom stereocenters. The summed E-state index contributed by atoms with van der Waals surface area (Å²) in [4.78, 5) is 31.7. The Labute approximate surface area is 168 Å². The third-order valence-corrected chi connectivity index (χ3v) is 4.96. The Kier molecular flexibility index (Phi) is 4.83. The molecule has 3 heterocycles. The van der Waals surface area contributed by atoms with Crippen molar-refractivity contribution < 1.29 is 9.72 Å². The van der Waals surface area contributed by atoms with Gasteiger partial charge in [0.2, 0.25) is 0 Å². The van der Waals surface area contributed by atoms with Crippen LogP contribution in [-0.4, -0.2) is 30.6 Å². The van der Waals surface area contributed by atoms with Crippen LogP contribution in [0.1, 0.15) is 16.1 Å². The van der Waals surface area contributed by atoms with E-state index in [9.17, 15) is 14.9 Å². The number of hydrogen-bond donors (Lipinski definition) is 1. The molecule has 144 valence electrons. The Hall–Kier alpha value is -3.92. The maximum Gasteiger partial charge on any atom is 0.270 e. The smallest absolute Gasteiger partial charge is 0.270 e. The van der Waals surface area contributed by atoms with Crippen molar-refractivity contribution in [3.8, 4) is 17.1 Å². The topological polar surface area (TPSA) is 116 Å². The molecule has 0 spiro atoms. The molecule has 0 fully saturated rings. The van der Waals surface area contributed by atoms with Gasteiger partial charge >= 0.3 is 0 Å². The molecule has 0 aliphatic heterocycles. The van der Waals surface area contributed by atoms with Gasteiger partial charge in [0.25, 0.3) is 11.6 Å². The lowest BCUT2D eigenvalue weighted by Crippen LogP contribution is -2.13. The van der Waals surface area contributed by atoms with Gasteiger partial charge in [0.15, 0.2) is 10.9 Å². The van der Waals surface area contributed by atoms with E-state index >= 15 is 0 Å². The number of hydrogen-bond acceptors (Lipinski definition) is 7. The summed E-state index contributed by atoms with van der Waals surface area (Å²) in [7, 11) is 0. The zero-order valence-corrected chi connectivity index (χ0v) is 16.0. The zero-order chi connectivity index (χ0) is 20.4. The molecule has 10 heteroatoms. The molecule has 9 nitrogen and oxygen atoms in total. The molecule has 4 rings (SSSR count). The van der Waals surface area contributed by atoms with Gasteiger partial charge in [0.1, 0.15) is 0 Å². The second-order valence-corrected chi connectivity index (χ2v) is 6.90. The normalized spacial score (nSPS) is 10.7. The Balaban J connectivity index is 1.54. The number of nitro benzene ring substituents is 1. The summed E-state index contributed by atoms with van der Waals surface area (Å²) in [6, 6.07) is 11.6. The van der Waals surface area contributed by atoms with E-state index < -0.39 is 4.92 Å². The predicted molar refractivity (Wildman–Crippen MR) is 108 cm³/mol. The zero-order valence-electron chi connectivity index (χ0n) is 15.1. The molecule has 4 aromatic rings. The number of rotatable bonds is 5. The molecule has 0 atom stereocenters. The fourth-order valence-corrected chi connectivity index (χ4v) is 3.46. The summed E-state index contributed by atoms with van der Waals surface area (Å²) in [5, 5.41) is 20.1. The summed E-state index contributed by atoms with van der Waals surface area (Å²) in [5.41, 5.74) is 2.20. The maximum atomic E-state index is 12.7. The van der Waals surface area contributed by atoms with Gasteiger partial charge in [0.05, 0.1) is 28.1 Å². The molecular formula is C19H14N6O3S. The Morgan fingerprint density at radius 3 is 2.86 bits per heavy atom. The van der Waals surface area contributed by atoms with Gasteiger partial charge in [-0.15, -0.1) is 11.3 Å². The van der Waals surface area contributed by atoms with Crippen LogP contribution in [0, 0.1) is 17.0 Å². The lowest BCUT2D eigenvalue weighted by atomic mass is 10.1. The van der Waals surface area contributed by atoms with Crippen molar-refractivity contribution >= 4 is 28.1 Å². The first-order valence-electron chi connectivity index (χ1n) is 8.50. The number of aromatic nitrogens is 4. The van der Waals surface area contributed by atoms with Gasteiger partial charge in [-0.25, -0.2) is 14.6 Å².